The standard InChI is InChI=1S/C15H23N3O2/c1-11(2)20-15-13-3-6-18(12-5-8-19-9-12)7-4-14(13)16-10-17-15/h10-12H,3-9H2,1-2H3/t12-/m0/s1. The van der Waals surface area contributed by atoms with Gasteiger partial charge in [-0.2, -0.15) is 0 Å². The molecule has 110 valence electrons. The SMILES string of the molecule is CC(C)Oc1ncnc2c1CCN([C@H]1CCOC1)CC2. The molecule has 20 heavy (non-hydrogen) atoms. The maximum Gasteiger partial charge on any atom is 0.220 e. The quantitative estimate of drug-likeness (QED) is 0.837. The van der Waals surface area contributed by atoms with Crippen LogP contribution in [0.25, 0.3) is 0 Å². The molecule has 1 fully saturated rings. The van der Waals surface area contributed by atoms with E-state index in [2.05, 4.69) is 14.9 Å². The molecule has 0 spiro atoms. The second-order valence-electron chi connectivity index (χ2n) is 5.82. The number of ether oxygens (including phenoxy) is 2. The summed E-state index contributed by atoms with van der Waals surface area (Å²) < 4.78 is 11.3. The van der Waals surface area contributed by atoms with Gasteiger partial charge in [0.15, 0.2) is 0 Å². The molecule has 0 aromatic carbocycles. The highest BCUT2D eigenvalue weighted by atomic mass is 16.5. The van der Waals surface area contributed by atoms with E-state index in [-0.39, 0.29) is 6.10 Å². The topological polar surface area (TPSA) is 47.5 Å². The van der Waals surface area contributed by atoms with E-state index >= 15 is 0 Å². The average Bonchev–Trinajstić information content (AvgIpc) is 2.85. The van der Waals surface area contributed by atoms with Crippen LogP contribution in [0.1, 0.15) is 31.5 Å². The Morgan fingerprint density at radius 1 is 1.30 bits per heavy atom. The van der Waals surface area contributed by atoms with Crippen LogP contribution >= 0.6 is 0 Å². The minimum atomic E-state index is 0.150. The molecule has 0 saturated carbocycles. The number of nitrogens with zero attached hydrogens (tertiary/aromatic N) is 3. The summed E-state index contributed by atoms with van der Waals surface area (Å²) in [7, 11) is 0. The van der Waals surface area contributed by atoms with Crippen LogP contribution in [0, 0.1) is 0 Å². The molecule has 2 aliphatic rings. The van der Waals surface area contributed by atoms with Gasteiger partial charge >= 0.3 is 0 Å². The molecular weight excluding hydrogens is 254 g/mol. The first-order valence-corrected chi connectivity index (χ1v) is 7.55. The van der Waals surface area contributed by atoms with Crippen LogP contribution in [0.4, 0.5) is 0 Å². The van der Waals surface area contributed by atoms with E-state index in [1.165, 1.54) is 5.56 Å². The molecule has 1 aromatic rings. The van der Waals surface area contributed by atoms with E-state index in [4.69, 9.17) is 9.47 Å². The third-order valence-corrected chi connectivity index (χ3v) is 4.05. The molecule has 5 nitrogen and oxygen atoms in total. The molecule has 1 aromatic heterocycles. The number of rotatable bonds is 3. The lowest BCUT2D eigenvalue weighted by Crippen LogP contribution is -2.37. The minimum Gasteiger partial charge on any atom is -0.475 e. The van der Waals surface area contributed by atoms with Gasteiger partial charge in [-0.25, -0.2) is 9.97 Å². The first-order chi connectivity index (χ1) is 9.74. The van der Waals surface area contributed by atoms with Crippen molar-refractivity contribution in [1.29, 1.82) is 0 Å². The van der Waals surface area contributed by atoms with Gasteiger partial charge in [0.1, 0.15) is 6.33 Å². The van der Waals surface area contributed by atoms with Crippen LogP contribution in [0.5, 0.6) is 5.88 Å². The molecule has 0 N–H and O–H groups in total. The molecule has 0 bridgehead atoms. The highest BCUT2D eigenvalue weighted by Gasteiger charge is 2.26. The molecule has 0 radical (unpaired) electrons. The Hall–Kier alpha value is -1.20. The van der Waals surface area contributed by atoms with Crippen molar-refractivity contribution in [2.75, 3.05) is 26.3 Å². The fourth-order valence-electron chi connectivity index (χ4n) is 3.01. The van der Waals surface area contributed by atoms with Crippen molar-refractivity contribution in [1.82, 2.24) is 14.9 Å². The van der Waals surface area contributed by atoms with E-state index in [1.807, 2.05) is 13.8 Å². The van der Waals surface area contributed by atoms with Crippen molar-refractivity contribution in [3.63, 3.8) is 0 Å². The molecule has 1 saturated heterocycles. The fraction of sp³-hybridized carbons (Fsp3) is 0.733. The second-order valence-corrected chi connectivity index (χ2v) is 5.82. The Balaban J connectivity index is 1.75. The van der Waals surface area contributed by atoms with Crippen molar-refractivity contribution in [3.05, 3.63) is 17.6 Å². The number of fused-ring (bicyclic) bond motifs is 1. The van der Waals surface area contributed by atoms with Crippen LogP contribution in [0.15, 0.2) is 6.33 Å². The van der Waals surface area contributed by atoms with Crippen LogP contribution in [-0.4, -0.2) is 53.3 Å². The van der Waals surface area contributed by atoms with Crippen molar-refractivity contribution < 1.29 is 9.47 Å². The van der Waals surface area contributed by atoms with Gasteiger partial charge in [-0.3, -0.25) is 4.90 Å². The van der Waals surface area contributed by atoms with Crippen molar-refractivity contribution >= 4 is 0 Å². The molecule has 1 atom stereocenters. The van der Waals surface area contributed by atoms with Crippen molar-refractivity contribution in [2.45, 2.75) is 45.3 Å². The predicted molar refractivity (Wildman–Crippen MR) is 76.0 cm³/mol. The van der Waals surface area contributed by atoms with Gasteiger partial charge in [-0.1, -0.05) is 0 Å². The van der Waals surface area contributed by atoms with Gasteiger partial charge in [0.05, 0.1) is 18.4 Å². The van der Waals surface area contributed by atoms with Gasteiger partial charge in [0.2, 0.25) is 5.88 Å². The summed E-state index contributed by atoms with van der Waals surface area (Å²) in [6.45, 7) is 7.94. The van der Waals surface area contributed by atoms with E-state index in [9.17, 15) is 0 Å². The third kappa shape index (κ3) is 2.94. The summed E-state index contributed by atoms with van der Waals surface area (Å²) >= 11 is 0. The van der Waals surface area contributed by atoms with E-state index < -0.39 is 0 Å². The maximum absolute atomic E-state index is 5.83. The first kappa shape index (κ1) is 13.8. The molecule has 3 heterocycles. The van der Waals surface area contributed by atoms with E-state index in [0.29, 0.717) is 6.04 Å². The Labute approximate surface area is 120 Å². The van der Waals surface area contributed by atoms with Gasteiger partial charge < -0.3 is 9.47 Å². The Bertz CT molecular complexity index is 458. The van der Waals surface area contributed by atoms with Crippen LogP contribution in [-0.2, 0) is 17.6 Å². The third-order valence-electron chi connectivity index (χ3n) is 4.05. The lowest BCUT2D eigenvalue weighted by atomic mass is 10.1. The molecular formula is C15H23N3O2. The molecule has 3 rings (SSSR count). The van der Waals surface area contributed by atoms with Crippen molar-refractivity contribution in [2.24, 2.45) is 0 Å². The van der Waals surface area contributed by atoms with Gasteiger partial charge in [0, 0.05) is 37.7 Å². The van der Waals surface area contributed by atoms with Gasteiger partial charge in [-0.05, 0) is 26.7 Å². The first-order valence-electron chi connectivity index (χ1n) is 7.55. The number of aromatic nitrogens is 2. The monoisotopic (exact) mass is 277 g/mol. The van der Waals surface area contributed by atoms with Crippen LogP contribution in [0.3, 0.4) is 0 Å². The van der Waals surface area contributed by atoms with Crippen molar-refractivity contribution in [3.8, 4) is 5.88 Å². The Morgan fingerprint density at radius 3 is 2.90 bits per heavy atom. The van der Waals surface area contributed by atoms with Crippen LogP contribution in [0.2, 0.25) is 0 Å². The normalized spacial score (nSPS) is 23.6. The lowest BCUT2D eigenvalue weighted by molar-refractivity contribution is 0.146. The number of hydrogen-bond acceptors (Lipinski definition) is 5. The highest BCUT2D eigenvalue weighted by Crippen LogP contribution is 2.25. The summed E-state index contributed by atoms with van der Waals surface area (Å²) in [5.74, 6) is 0.773. The predicted octanol–water partition coefficient (Wildman–Crippen LogP) is 1.45. The summed E-state index contributed by atoms with van der Waals surface area (Å²) in [4.78, 5) is 11.3. The Kier molecular flexibility index (Phi) is 4.17. The zero-order chi connectivity index (χ0) is 13.9. The summed E-state index contributed by atoms with van der Waals surface area (Å²) in [6.07, 6.45) is 4.87. The molecule has 0 unspecified atom stereocenters. The summed E-state index contributed by atoms with van der Waals surface area (Å²) in [5, 5.41) is 0. The molecule has 5 heteroatoms. The summed E-state index contributed by atoms with van der Waals surface area (Å²) in [6, 6.07) is 0.576. The van der Waals surface area contributed by atoms with Gasteiger partial charge in [-0.15, -0.1) is 0 Å². The second kappa shape index (κ2) is 6.06. The minimum absolute atomic E-state index is 0.150. The summed E-state index contributed by atoms with van der Waals surface area (Å²) in [5.41, 5.74) is 2.35. The molecule has 0 amide bonds. The van der Waals surface area contributed by atoms with Gasteiger partial charge in [0.25, 0.3) is 0 Å². The van der Waals surface area contributed by atoms with E-state index in [0.717, 1.165) is 57.1 Å². The Morgan fingerprint density at radius 2 is 2.15 bits per heavy atom. The fourth-order valence-corrected chi connectivity index (χ4v) is 3.01. The van der Waals surface area contributed by atoms with E-state index in [1.54, 1.807) is 6.33 Å². The average molecular weight is 277 g/mol. The largest absolute Gasteiger partial charge is 0.475 e. The lowest BCUT2D eigenvalue weighted by Gasteiger charge is -2.25. The maximum atomic E-state index is 5.83. The van der Waals surface area contributed by atoms with Crippen LogP contribution < -0.4 is 4.74 Å². The highest BCUT2D eigenvalue weighted by molar-refractivity contribution is 5.31. The smallest absolute Gasteiger partial charge is 0.220 e. The zero-order valence-electron chi connectivity index (χ0n) is 12.3. The number of hydrogen-bond donors (Lipinski definition) is 0. The molecule has 0 aliphatic carbocycles. The zero-order valence-corrected chi connectivity index (χ0v) is 12.3. The molecule has 2 aliphatic heterocycles.